The molecule has 2 heterocycles. The minimum Gasteiger partial charge on any atom is -0.360 e. The maximum atomic E-state index is 11.6. The molecule has 0 bridgehead atoms. The smallest absolute Gasteiger partial charge is 0.222 e. The van der Waals surface area contributed by atoms with E-state index in [2.05, 4.69) is 15.5 Å². The van der Waals surface area contributed by atoms with E-state index in [4.69, 9.17) is 0 Å². The van der Waals surface area contributed by atoms with Crippen molar-refractivity contribution in [2.75, 3.05) is 18.4 Å². The van der Waals surface area contributed by atoms with Crippen molar-refractivity contribution >= 4 is 22.4 Å². The number of carbonyl (C=O) groups excluding carboxylic acids is 1. The van der Waals surface area contributed by atoms with Crippen molar-refractivity contribution in [3.8, 4) is 0 Å². The Bertz CT molecular complexity index is 365. The summed E-state index contributed by atoms with van der Waals surface area (Å²) in [5.74, 6) is 0.242. The highest BCUT2D eigenvalue weighted by molar-refractivity contribution is 7.15. The van der Waals surface area contributed by atoms with Gasteiger partial charge in [0.05, 0.1) is 6.54 Å². The van der Waals surface area contributed by atoms with Crippen LogP contribution in [0.1, 0.15) is 31.2 Å². The Morgan fingerprint density at radius 1 is 1.44 bits per heavy atom. The predicted molar refractivity (Wildman–Crippen MR) is 63.3 cm³/mol. The molecule has 0 atom stereocenters. The van der Waals surface area contributed by atoms with E-state index in [1.807, 2.05) is 11.8 Å². The first kappa shape index (κ1) is 11.3. The molecule has 2 rings (SSSR count). The van der Waals surface area contributed by atoms with Gasteiger partial charge in [-0.25, -0.2) is 0 Å². The number of likely N-dealkylation sites (tertiary alicyclic amines) is 1. The molecule has 1 aliphatic rings. The molecule has 0 saturated carbocycles. The molecule has 1 aromatic heterocycles. The molecule has 0 radical (unpaired) electrons. The minimum absolute atomic E-state index is 0.242. The van der Waals surface area contributed by atoms with Gasteiger partial charge in [0.1, 0.15) is 5.01 Å². The molecular formula is C10H16N4OS. The molecule has 1 amide bonds. The monoisotopic (exact) mass is 240 g/mol. The molecule has 16 heavy (non-hydrogen) atoms. The zero-order chi connectivity index (χ0) is 11.4. The van der Waals surface area contributed by atoms with Gasteiger partial charge < -0.3 is 10.2 Å². The minimum atomic E-state index is 0.242. The Labute approximate surface area is 98.9 Å². The normalized spacial score (nSPS) is 16.6. The van der Waals surface area contributed by atoms with Crippen LogP contribution in [0, 0.1) is 0 Å². The van der Waals surface area contributed by atoms with Crippen molar-refractivity contribution < 1.29 is 4.79 Å². The van der Waals surface area contributed by atoms with Crippen molar-refractivity contribution in [3.05, 3.63) is 5.01 Å². The molecule has 1 N–H and O–H groups in total. The molecular weight excluding hydrogens is 224 g/mol. The summed E-state index contributed by atoms with van der Waals surface area (Å²) in [6.45, 7) is 4.34. The van der Waals surface area contributed by atoms with Crippen LogP contribution in [0.3, 0.4) is 0 Å². The van der Waals surface area contributed by atoms with E-state index in [0.717, 1.165) is 36.1 Å². The van der Waals surface area contributed by atoms with Gasteiger partial charge in [0.2, 0.25) is 11.0 Å². The van der Waals surface area contributed by atoms with Gasteiger partial charge in [-0.05, 0) is 19.8 Å². The first-order chi connectivity index (χ1) is 7.79. The Morgan fingerprint density at radius 2 is 2.31 bits per heavy atom. The van der Waals surface area contributed by atoms with E-state index in [1.165, 1.54) is 11.3 Å². The summed E-state index contributed by atoms with van der Waals surface area (Å²) in [5.41, 5.74) is 0. The van der Waals surface area contributed by atoms with Crippen LogP contribution in [-0.2, 0) is 11.3 Å². The number of nitrogens with zero attached hydrogens (tertiary/aromatic N) is 3. The number of piperidine rings is 1. The van der Waals surface area contributed by atoms with Crippen LogP contribution in [0.25, 0.3) is 0 Å². The molecule has 0 spiro atoms. The Kier molecular flexibility index (Phi) is 3.71. The van der Waals surface area contributed by atoms with Crippen molar-refractivity contribution in [1.29, 1.82) is 0 Å². The van der Waals surface area contributed by atoms with Crippen LogP contribution in [0.5, 0.6) is 0 Å². The van der Waals surface area contributed by atoms with E-state index in [-0.39, 0.29) is 5.91 Å². The third-order valence-corrected chi connectivity index (χ3v) is 3.41. The van der Waals surface area contributed by atoms with Crippen LogP contribution in [0.15, 0.2) is 0 Å². The van der Waals surface area contributed by atoms with Gasteiger partial charge in [-0.1, -0.05) is 11.3 Å². The summed E-state index contributed by atoms with van der Waals surface area (Å²) in [6.07, 6.45) is 2.80. The lowest BCUT2D eigenvalue weighted by Crippen LogP contribution is -2.34. The number of aromatic nitrogens is 2. The number of anilines is 1. The van der Waals surface area contributed by atoms with E-state index >= 15 is 0 Å². The van der Waals surface area contributed by atoms with E-state index in [1.54, 1.807) is 0 Å². The Balaban J connectivity index is 1.94. The fraction of sp³-hybridized carbons (Fsp3) is 0.700. The van der Waals surface area contributed by atoms with Gasteiger partial charge in [-0.3, -0.25) is 4.79 Å². The average Bonchev–Trinajstić information content (AvgIpc) is 2.70. The molecule has 5 nitrogen and oxygen atoms in total. The highest BCUT2D eigenvalue weighted by atomic mass is 32.1. The van der Waals surface area contributed by atoms with Gasteiger partial charge >= 0.3 is 0 Å². The molecule has 1 aromatic rings. The summed E-state index contributed by atoms with van der Waals surface area (Å²) >= 11 is 1.53. The van der Waals surface area contributed by atoms with Gasteiger partial charge in [0.15, 0.2) is 0 Å². The zero-order valence-corrected chi connectivity index (χ0v) is 10.2. The summed E-state index contributed by atoms with van der Waals surface area (Å²) in [5, 5.41) is 13.0. The van der Waals surface area contributed by atoms with Crippen molar-refractivity contribution in [2.24, 2.45) is 0 Å². The topological polar surface area (TPSA) is 58.1 Å². The number of rotatable bonds is 4. The number of nitrogens with one attached hydrogen (secondary N) is 1. The number of amides is 1. The van der Waals surface area contributed by atoms with Gasteiger partial charge in [0.25, 0.3) is 0 Å². The molecule has 1 saturated heterocycles. The third-order valence-electron chi connectivity index (χ3n) is 2.54. The summed E-state index contributed by atoms with van der Waals surface area (Å²) in [6, 6.07) is 0. The molecule has 0 unspecified atom stereocenters. The van der Waals surface area contributed by atoms with E-state index in [9.17, 15) is 4.79 Å². The van der Waals surface area contributed by atoms with Crippen LogP contribution < -0.4 is 5.32 Å². The van der Waals surface area contributed by atoms with Crippen molar-refractivity contribution in [1.82, 2.24) is 15.1 Å². The maximum Gasteiger partial charge on any atom is 0.222 e. The highest BCUT2D eigenvalue weighted by Crippen LogP contribution is 2.19. The fourth-order valence-electron chi connectivity index (χ4n) is 1.73. The average molecular weight is 240 g/mol. The van der Waals surface area contributed by atoms with Crippen molar-refractivity contribution in [2.45, 2.75) is 32.7 Å². The fourth-order valence-corrected chi connectivity index (χ4v) is 2.56. The predicted octanol–water partition coefficient (Wildman–Crippen LogP) is 1.48. The quantitative estimate of drug-likeness (QED) is 0.866. The lowest BCUT2D eigenvalue weighted by Gasteiger charge is -2.25. The lowest BCUT2D eigenvalue weighted by molar-refractivity contribution is -0.133. The van der Waals surface area contributed by atoms with Crippen LogP contribution in [-0.4, -0.2) is 34.1 Å². The van der Waals surface area contributed by atoms with Crippen LogP contribution in [0.2, 0.25) is 0 Å². The molecule has 88 valence electrons. The molecule has 1 aliphatic heterocycles. The van der Waals surface area contributed by atoms with Crippen LogP contribution in [0.4, 0.5) is 5.13 Å². The molecule has 0 aliphatic carbocycles. The second kappa shape index (κ2) is 5.25. The molecule has 1 fully saturated rings. The summed E-state index contributed by atoms with van der Waals surface area (Å²) in [7, 11) is 0. The Morgan fingerprint density at radius 3 is 3.06 bits per heavy atom. The van der Waals surface area contributed by atoms with Crippen molar-refractivity contribution in [3.63, 3.8) is 0 Å². The number of hydrogen-bond donors (Lipinski definition) is 1. The second-order valence-electron chi connectivity index (χ2n) is 3.80. The summed E-state index contributed by atoms with van der Waals surface area (Å²) in [4.78, 5) is 13.5. The third kappa shape index (κ3) is 2.69. The van der Waals surface area contributed by atoms with Gasteiger partial charge in [0, 0.05) is 19.5 Å². The first-order valence-electron chi connectivity index (χ1n) is 5.63. The number of carbonyl (C=O) groups is 1. The largest absolute Gasteiger partial charge is 0.360 e. The Hall–Kier alpha value is -1.17. The highest BCUT2D eigenvalue weighted by Gasteiger charge is 2.19. The standard InChI is InChI=1S/C10H16N4OS/c1-2-11-10-13-12-8(16-10)7-14-6-4-3-5-9(14)15/h2-7H2,1H3,(H,11,13). The van der Waals surface area contributed by atoms with Gasteiger partial charge in [-0.2, -0.15) is 0 Å². The number of hydrogen-bond acceptors (Lipinski definition) is 5. The summed E-state index contributed by atoms with van der Waals surface area (Å²) < 4.78 is 0. The van der Waals surface area contributed by atoms with Crippen LogP contribution >= 0.6 is 11.3 Å². The first-order valence-corrected chi connectivity index (χ1v) is 6.45. The lowest BCUT2D eigenvalue weighted by atomic mass is 10.1. The molecule has 0 aromatic carbocycles. The van der Waals surface area contributed by atoms with E-state index < -0.39 is 0 Å². The second-order valence-corrected chi connectivity index (χ2v) is 4.87. The zero-order valence-electron chi connectivity index (χ0n) is 9.40. The molecule has 6 heteroatoms. The van der Waals surface area contributed by atoms with E-state index in [0.29, 0.717) is 13.0 Å². The van der Waals surface area contributed by atoms with Gasteiger partial charge in [-0.15, -0.1) is 10.2 Å². The SMILES string of the molecule is CCNc1nnc(CN2CCCCC2=O)s1. The maximum absolute atomic E-state index is 11.6.